The maximum absolute atomic E-state index is 12.0. The van der Waals surface area contributed by atoms with Gasteiger partial charge in [0.25, 0.3) is 0 Å². The summed E-state index contributed by atoms with van der Waals surface area (Å²) in [6, 6.07) is 9.95. The molecule has 0 unspecified atom stereocenters. The van der Waals surface area contributed by atoms with E-state index in [1.54, 1.807) is 18.0 Å². The molecule has 4 heteroatoms. The minimum absolute atomic E-state index is 0.0198. The highest BCUT2D eigenvalue weighted by Gasteiger charge is 2.15. The Morgan fingerprint density at radius 1 is 1.35 bits per heavy atom. The Kier molecular flexibility index (Phi) is 4.90. The van der Waals surface area contributed by atoms with E-state index in [0.717, 1.165) is 10.7 Å². The molecule has 2 aromatic rings. The summed E-state index contributed by atoms with van der Waals surface area (Å²) >= 11 is 1.58. The van der Waals surface area contributed by atoms with Gasteiger partial charge in [-0.05, 0) is 44.5 Å². The van der Waals surface area contributed by atoms with Crippen molar-refractivity contribution in [2.75, 3.05) is 0 Å². The Morgan fingerprint density at radius 3 is 2.80 bits per heavy atom. The molecule has 1 N–H and O–H groups in total. The number of nitrogens with one attached hydrogen (secondary N) is 1. The average molecular weight is 289 g/mol. The van der Waals surface area contributed by atoms with E-state index < -0.39 is 0 Å². The molecule has 0 saturated carbocycles. The highest BCUT2D eigenvalue weighted by molar-refractivity contribution is 8.00. The predicted molar refractivity (Wildman–Crippen MR) is 81.8 cm³/mol. The lowest BCUT2D eigenvalue weighted by atomic mass is 10.2. The molecular formula is C16H19NO2S. The fraction of sp³-hybridized carbons (Fsp3) is 0.312. The summed E-state index contributed by atoms with van der Waals surface area (Å²) in [6.07, 6.45) is 1.61. The molecule has 0 radical (unpaired) electrons. The van der Waals surface area contributed by atoms with E-state index >= 15 is 0 Å². The van der Waals surface area contributed by atoms with E-state index in [4.69, 9.17) is 4.42 Å². The number of amides is 1. The number of carbonyl (C=O) groups is 1. The van der Waals surface area contributed by atoms with Gasteiger partial charge in [0.2, 0.25) is 5.91 Å². The van der Waals surface area contributed by atoms with Crippen molar-refractivity contribution in [3.8, 4) is 0 Å². The van der Waals surface area contributed by atoms with Crippen molar-refractivity contribution in [2.45, 2.75) is 37.5 Å². The predicted octanol–water partition coefficient (Wildman–Crippen LogP) is 3.69. The van der Waals surface area contributed by atoms with Crippen molar-refractivity contribution < 1.29 is 9.21 Å². The summed E-state index contributed by atoms with van der Waals surface area (Å²) in [6.45, 7) is 6.49. The number of rotatable bonds is 5. The smallest absolute Gasteiger partial charge is 0.233 e. The Bertz CT molecular complexity index is 578. The van der Waals surface area contributed by atoms with Crippen LogP contribution in [0.4, 0.5) is 0 Å². The van der Waals surface area contributed by atoms with Gasteiger partial charge in [0.1, 0.15) is 5.76 Å². The van der Waals surface area contributed by atoms with E-state index in [9.17, 15) is 4.79 Å². The van der Waals surface area contributed by atoms with E-state index in [1.165, 1.54) is 11.1 Å². The first-order valence-corrected chi connectivity index (χ1v) is 7.48. The topological polar surface area (TPSA) is 42.2 Å². The van der Waals surface area contributed by atoms with Crippen molar-refractivity contribution in [1.29, 1.82) is 0 Å². The second kappa shape index (κ2) is 6.66. The number of thioether (sulfide) groups is 1. The van der Waals surface area contributed by atoms with Gasteiger partial charge >= 0.3 is 0 Å². The van der Waals surface area contributed by atoms with Gasteiger partial charge in [0.05, 0.1) is 18.1 Å². The van der Waals surface area contributed by atoms with Gasteiger partial charge in [-0.3, -0.25) is 4.79 Å². The molecule has 0 spiro atoms. The van der Waals surface area contributed by atoms with Crippen molar-refractivity contribution >= 4 is 17.7 Å². The minimum Gasteiger partial charge on any atom is -0.467 e. The number of hydrogen-bond donors (Lipinski definition) is 1. The fourth-order valence-corrected chi connectivity index (χ4v) is 2.87. The third-order valence-electron chi connectivity index (χ3n) is 3.02. The third-order valence-corrected chi connectivity index (χ3v) is 4.30. The summed E-state index contributed by atoms with van der Waals surface area (Å²) in [5.74, 6) is 0.786. The zero-order valence-corrected chi connectivity index (χ0v) is 12.8. The van der Waals surface area contributed by atoms with Crippen LogP contribution in [0.2, 0.25) is 0 Å². The first-order chi connectivity index (χ1) is 9.56. The third kappa shape index (κ3) is 3.90. The Labute approximate surface area is 123 Å². The molecule has 3 nitrogen and oxygen atoms in total. The van der Waals surface area contributed by atoms with Gasteiger partial charge < -0.3 is 9.73 Å². The molecule has 0 aliphatic rings. The van der Waals surface area contributed by atoms with Gasteiger partial charge in [0, 0.05) is 4.90 Å². The first-order valence-electron chi connectivity index (χ1n) is 6.60. The van der Waals surface area contributed by atoms with Crippen LogP contribution in [-0.2, 0) is 11.3 Å². The average Bonchev–Trinajstić information content (AvgIpc) is 2.92. The van der Waals surface area contributed by atoms with Crippen molar-refractivity contribution in [1.82, 2.24) is 5.32 Å². The lowest BCUT2D eigenvalue weighted by Crippen LogP contribution is -2.30. The van der Waals surface area contributed by atoms with Crippen LogP contribution in [0.15, 0.2) is 45.9 Å². The maximum atomic E-state index is 12.0. The van der Waals surface area contributed by atoms with Crippen LogP contribution in [0.25, 0.3) is 0 Å². The van der Waals surface area contributed by atoms with Gasteiger partial charge in [-0.25, -0.2) is 0 Å². The second-order valence-electron chi connectivity index (χ2n) is 4.83. The molecule has 0 bridgehead atoms. The number of hydrogen-bond acceptors (Lipinski definition) is 3. The molecule has 20 heavy (non-hydrogen) atoms. The van der Waals surface area contributed by atoms with E-state index in [-0.39, 0.29) is 11.2 Å². The summed E-state index contributed by atoms with van der Waals surface area (Å²) in [5, 5.41) is 2.75. The van der Waals surface area contributed by atoms with Gasteiger partial charge in [-0.2, -0.15) is 0 Å². The zero-order chi connectivity index (χ0) is 14.5. The second-order valence-corrected chi connectivity index (χ2v) is 6.21. The van der Waals surface area contributed by atoms with E-state index in [2.05, 4.69) is 37.4 Å². The van der Waals surface area contributed by atoms with Crippen LogP contribution in [0.3, 0.4) is 0 Å². The lowest BCUT2D eigenvalue weighted by Gasteiger charge is -2.13. The summed E-state index contributed by atoms with van der Waals surface area (Å²) in [5.41, 5.74) is 2.45. The Hall–Kier alpha value is -1.68. The zero-order valence-electron chi connectivity index (χ0n) is 12.0. The quantitative estimate of drug-likeness (QED) is 0.854. The molecule has 1 aromatic carbocycles. The molecular weight excluding hydrogens is 270 g/mol. The van der Waals surface area contributed by atoms with E-state index in [0.29, 0.717) is 6.54 Å². The number of aryl methyl sites for hydroxylation is 2. The number of carbonyl (C=O) groups excluding carboxylic acids is 1. The summed E-state index contributed by atoms with van der Waals surface area (Å²) in [7, 11) is 0. The lowest BCUT2D eigenvalue weighted by molar-refractivity contribution is -0.120. The SMILES string of the molecule is Cc1ccc(S[C@H](C)C(=O)NCc2ccco2)c(C)c1. The molecule has 1 aromatic heterocycles. The molecule has 0 saturated heterocycles. The van der Waals surface area contributed by atoms with Crippen LogP contribution in [-0.4, -0.2) is 11.2 Å². The maximum Gasteiger partial charge on any atom is 0.233 e. The van der Waals surface area contributed by atoms with E-state index in [1.807, 2.05) is 19.1 Å². The van der Waals surface area contributed by atoms with Crippen molar-refractivity contribution in [2.24, 2.45) is 0 Å². The molecule has 0 aliphatic carbocycles. The standard InChI is InChI=1S/C16H19NO2S/c1-11-6-7-15(12(2)9-11)20-13(3)16(18)17-10-14-5-4-8-19-14/h4-9,13H,10H2,1-3H3,(H,17,18)/t13-/m1/s1. The van der Waals surface area contributed by atoms with Crippen molar-refractivity contribution in [3.05, 3.63) is 53.5 Å². The molecule has 0 aliphatic heterocycles. The normalized spacial score (nSPS) is 12.2. The minimum atomic E-state index is -0.133. The number of furan rings is 1. The molecule has 106 valence electrons. The van der Waals surface area contributed by atoms with Crippen molar-refractivity contribution in [3.63, 3.8) is 0 Å². The van der Waals surface area contributed by atoms with Crippen LogP contribution in [0.1, 0.15) is 23.8 Å². The van der Waals surface area contributed by atoms with Gasteiger partial charge in [-0.1, -0.05) is 17.7 Å². The van der Waals surface area contributed by atoms with Crippen LogP contribution >= 0.6 is 11.8 Å². The molecule has 0 fully saturated rings. The molecule has 1 heterocycles. The molecule has 2 rings (SSSR count). The summed E-state index contributed by atoms with van der Waals surface area (Å²) < 4.78 is 5.19. The van der Waals surface area contributed by atoms with Gasteiger partial charge in [0.15, 0.2) is 0 Å². The highest BCUT2D eigenvalue weighted by Crippen LogP contribution is 2.27. The van der Waals surface area contributed by atoms with Crippen LogP contribution in [0, 0.1) is 13.8 Å². The largest absolute Gasteiger partial charge is 0.467 e. The van der Waals surface area contributed by atoms with Crippen LogP contribution in [0.5, 0.6) is 0 Å². The molecule has 1 atom stereocenters. The highest BCUT2D eigenvalue weighted by atomic mass is 32.2. The Balaban J connectivity index is 1.90. The number of benzene rings is 1. The van der Waals surface area contributed by atoms with Gasteiger partial charge in [-0.15, -0.1) is 11.8 Å². The monoisotopic (exact) mass is 289 g/mol. The summed E-state index contributed by atoms with van der Waals surface area (Å²) in [4.78, 5) is 13.2. The Morgan fingerprint density at radius 2 is 2.15 bits per heavy atom. The van der Waals surface area contributed by atoms with Crippen LogP contribution < -0.4 is 5.32 Å². The first kappa shape index (κ1) is 14.7. The molecule has 1 amide bonds. The fourth-order valence-electron chi connectivity index (χ4n) is 1.91.